The number of nitrogens with zero attached hydrogens (tertiary/aromatic N) is 2. The van der Waals surface area contributed by atoms with Crippen LogP contribution in [0.5, 0.6) is 11.5 Å². The molecular formula is C41H61AgClN4O18. The quantitative estimate of drug-likeness (QED) is 0.0136. The van der Waals surface area contributed by atoms with E-state index >= 15 is 0 Å². The van der Waals surface area contributed by atoms with E-state index < -0.39 is 69.3 Å². The van der Waals surface area contributed by atoms with Crippen LogP contribution in [-0.2, 0) is 55.7 Å². The van der Waals surface area contributed by atoms with Gasteiger partial charge in [0.15, 0.2) is 5.56 Å². The third-order valence-electron chi connectivity index (χ3n) is 6.78. The van der Waals surface area contributed by atoms with E-state index in [4.69, 9.17) is 45.1 Å². The number of carbonyl (C=O) groups is 6. The number of nitro groups is 2. The molecule has 0 heterocycles. The van der Waals surface area contributed by atoms with Crippen molar-refractivity contribution < 1.29 is 99.3 Å². The first-order chi connectivity index (χ1) is 29.3. The molecule has 0 saturated carbocycles. The zero-order valence-electron chi connectivity index (χ0n) is 36.8. The van der Waals surface area contributed by atoms with Crippen LogP contribution in [0.2, 0.25) is 0 Å². The number of benzene rings is 2. The van der Waals surface area contributed by atoms with Crippen molar-refractivity contribution in [3.8, 4) is 11.5 Å². The standard InChI is InChI=1S/C20H28N2O9.C11H21NO4.C9H8ClNO5.CH4.Ag/c1-14(29-19(25)30-16-11-9-15(10-12-16)22(26)27)28-17(23)8-6-5-7-13-21-18(24)31-20(2,3)4;1-11(2,3)16-10(15)12-8-6-4-5-7-9(13)14;1-6(10)15-9(12)16-8-4-2-7(3-5-8)11(13)14;;/h9-12,14H,5-8,13H2,1-4H3,(H,21,24);4-8H2,1-3H3,(H,12,15)(H,13,14);2-6H,1H3;1H4;. The molecule has 0 aliphatic carbocycles. The number of carboxylic acids is 1. The first-order valence-corrected chi connectivity index (χ1v) is 19.9. The second-order valence-corrected chi connectivity index (χ2v) is 15.5. The third-order valence-corrected chi connectivity index (χ3v) is 6.87. The van der Waals surface area contributed by atoms with Gasteiger partial charge in [0.25, 0.3) is 11.4 Å². The number of carboxylic acid groups (broad SMARTS) is 1. The van der Waals surface area contributed by atoms with Crippen molar-refractivity contribution in [2.45, 2.75) is 137 Å². The zero-order valence-corrected chi connectivity index (χ0v) is 39.0. The summed E-state index contributed by atoms with van der Waals surface area (Å²) in [5.41, 5.74) is -2.07. The average Bonchev–Trinajstić information content (AvgIpc) is 3.13. The van der Waals surface area contributed by atoms with Crippen LogP contribution in [-0.4, -0.2) is 87.5 Å². The van der Waals surface area contributed by atoms with Gasteiger partial charge in [-0.05, 0) is 98.4 Å². The first kappa shape index (κ1) is 63.6. The number of halogens is 1. The van der Waals surface area contributed by atoms with Gasteiger partial charge in [0, 0.05) is 79.5 Å². The summed E-state index contributed by atoms with van der Waals surface area (Å²) in [5.74, 6) is -1.13. The topological polar surface area (TPSA) is 298 Å². The van der Waals surface area contributed by atoms with E-state index in [1.807, 2.05) is 0 Å². The van der Waals surface area contributed by atoms with Crippen LogP contribution in [0, 0.1) is 20.2 Å². The molecule has 2 amide bonds. The summed E-state index contributed by atoms with van der Waals surface area (Å²) in [5, 5.41) is 34.6. The minimum atomic E-state index is -1.16. The minimum Gasteiger partial charge on any atom is -0.481 e. The summed E-state index contributed by atoms with van der Waals surface area (Å²) < 4.78 is 34.0. The van der Waals surface area contributed by atoms with Gasteiger partial charge < -0.3 is 48.9 Å². The number of amides is 2. The van der Waals surface area contributed by atoms with E-state index in [2.05, 4.69) is 15.4 Å². The van der Waals surface area contributed by atoms with Gasteiger partial charge >= 0.3 is 36.4 Å². The Morgan fingerprint density at radius 1 is 0.631 bits per heavy atom. The molecule has 2 aromatic carbocycles. The molecule has 0 aromatic heterocycles. The Kier molecular flexibility index (Phi) is 33.0. The van der Waals surface area contributed by atoms with Crippen molar-refractivity contribution in [3.05, 3.63) is 68.8 Å². The van der Waals surface area contributed by atoms with Crippen LogP contribution in [0.1, 0.15) is 114 Å². The van der Waals surface area contributed by atoms with Crippen LogP contribution in [0.3, 0.4) is 0 Å². The molecule has 65 heavy (non-hydrogen) atoms. The summed E-state index contributed by atoms with van der Waals surface area (Å²) in [6, 6.07) is 9.85. The summed E-state index contributed by atoms with van der Waals surface area (Å²) in [6.45, 7) is 14.5. The number of rotatable bonds is 19. The van der Waals surface area contributed by atoms with Gasteiger partial charge in [0.1, 0.15) is 22.7 Å². The number of non-ortho nitro benzene ring substituents is 2. The van der Waals surface area contributed by atoms with Gasteiger partial charge in [-0.2, -0.15) is 0 Å². The van der Waals surface area contributed by atoms with Gasteiger partial charge in [-0.15, -0.1) is 0 Å². The van der Waals surface area contributed by atoms with Crippen molar-refractivity contribution in [1.82, 2.24) is 10.6 Å². The smallest absolute Gasteiger partial charge is 0.481 e. The van der Waals surface area contributed by atoms with E-state index in [1.165, 1.54) is 62.4 Å². The van der Waals surface area contributed by atoms with E-state index in [9.17, 15) is 49.0 Å². The number of carbonyl (C=O) groups excluding carboxylic acids is 5. The largest absolute Gasteiger partial charge is 0.516 e. The average molecular weight is 1040 g/mol. The van der Waals surface area contributed by atoms with Crippen LogP contribution in [0.15, 0.2) is 48.5 Å². The molecule has 0 bridgehead atoms. The Labute approximate surface area is 398 Å². The molecule has 0 fully saturated rings. The molecule has 2 aromatic rings. The molecule has 22 nitrogen and oxygen atoms in total. The second kappa shape index (κ2) is 33.8. The number of alkyl halides is 1. The van der Waals surface area contributed by atoms with Crippen molar-refractivity contribution in [2.75, 3.05) is 13.1 Å². The number of esters is 1. The molecule has 0 aliphatic heterocycles. The normalized spacial score (nSPS) is 11.2. The number of unbranched alkanes of at least 4 members (excludes halogenated alkanes) is 4. The number of aliphatic carboxylic acids is 1. The number of nitro benzene ring substituents is 2. The Hall–Kier alpha value is -5.71. The molecule has 0 spiro atoms. The molecule has 2 atom stereocenters. The van der Waals surface area contributed by atoms with E-state index in [0.717, 1.165) is 12.8 Å². The second-order valence-electron chi connectivity index (χ2n) is 14.9. The fourth-order valence-corrected chi connectivity index (χ4v) is 4.28. The van der Waals surface area contributed by atoms with Crippen LogP contribution < -0.4 is 20.1 Å². The molecule has 0 saturated heterocycles. The Morgan fingerprint density at radius 3 is 1.34 bits per heavy atom. The maximum absolute atomic E-state index is 11.8. The van der Waals surface area contributed by atoms with Gasteiger partial charge in [-0.1, -0.05) is 31.9 Å². The van der Waals surface area contributed by atoms with E-state index in [1.54, 1.807) is 41.5 Å². The van der Waals surface area contributed by atoms with Crippen molar-refractivity contribution >= 4 is 59.4 Å². The molecule has 3 N–H and O–H groups in total. The maximum Gasteiger partial charge on any atom is 0.516 e. The fraction of sp³-hybridized carbons (Fsp3) is 0.561. The van der Waals surface area contributed by atoms with E-state index in [-0.39, 0.29) is 65.5 Å². The monoisotopic (exact) mass is 1040 g/mol. The van der Waals surface area contributed by atoms with Crippen LogP contribution in [0.4, 0.5) is 30.6 Å². The van der Waals surface area contributed by atoms with Crippen molar-refractivity contribution in [2.24, 2.45) is 0 Å². The van der Waals surface area contributed by atoms with Crippen LogP contribution >= 0.6 is 11.6 Å². The molecule has 1 radical (unpaired) electrons. The molecule has 24 heteroatoms. The number of ether oxygens (including phenoxy) is 7. The van der Waals surface area contributed by atoms with Gasteiger partial charge in [0.05, 0.1) is 9.85 Å². The Bertz CT molecular complexity index is 1770. The molecule has 2 rings (SSSR count). The SMILES string of the molecule is C.CC(C)(C)OC(=O)NCCCCCC(=O)O.CC(Cl)OC(=O)Oc1ccc([N+](=O)[O-])cc1.CC(OC(=O)CCCCCNC(=O)OC(C)(C)C)OC(=O)Oc1ccc([N+](=O)[O-])cc1.[Ag]. The molecule has 2 unspecified atom stereocenters. The first-order valence-electron chi connectivity index (χ1n) is 19.5. The summed E-state index contributed by atoms with van der Waals surface area (Å²) >= 11 is 5.39. The van der Waals surface area contributed by atoms with E-state index in [0.29, 0.717) is 38.8 Å². The minimum absolute atomic E-state index is 0. The number of nitrogens with one attached hydrogen (secondary N) is 2. The predicted octanol–water partition coefficient (Wildman–Crippen LogP) is 9.57. The number of hydrogen-bond donors (Lipinski definition) is 3. The summed E-state index contributed by atoms with van der Waals surface area (Å²) in [4.78, 5) is 87.1. The molecule has 0 aliphatic rings. The number of hydrogen-bond acceptors (Lipinski definition) is 17. The van der Waals surface area contributed by atoms with Gasteiger partial charge in [0.2, 0.25) is 6.29 Å². The summed E-state index contributed by atoms with van der Waals surface area (Å²) in [6.07, 6.45) is 0.260. The maximum atomic E-state index is 11.8. The van der Waals surface area contributed by atoms with Crippen molar-refractivity contribution in [3.63, 3.8) is 0 Å². The molecular weight excluding hydrogens is 980 g/mol. The van der Waals surface area contributed by atoms with Crippen LogP contribution in [0.25, 0.3) is 0 Å². The van der Waals surface area contributed by atoms with Gasteiger partial charge in [-0.25, -0.2) is 19.2 Å². The predicted molar refractivity (Wildman–Crippen MR) is 231 cm³/mol. The summed E-state index contributed by atoms with van der Waals surface area (Å²) in [7, 11) is 0. The number of alkyl carbamates (subject to hydrolysis) is 2. The zero-order chi connectivity index (χ0) is 48.2. The Balaban J connectivity index is -0.000000958. The Morgan fingerprint density at radius 2 is 1.00 bits per heavy atom. The molecule has 371 valence electrons. The van der Waals surface area contributed by atoms with Crippen molar-refractivity contribution in [1.29, 1.82) is 0 Å². The fourth-order valence-electron chi connectivity index (χ4n) is 4.21. The third kappa shape index (κ3) is 37.4. The van der Waals surface area contributed by atoms with Gasteiger partial charge in [-0.3, -0.25) is 29.8 Å².